The molecule has 2 heterocycles. The van der Waals surface area contributed by atoms with Crippen molar-refractivity contribution in [1.82, 2.24) is 9.80 Å². The zero-order valence-corrected chi connectivity index (χ0v) is 11.6. The van der Waals surface area contributed by atoms with Gasteiger partial charge in [-0.25, -0.2) is 0 Å². The Bertz CT molecular complexity index is 289. The third kappa shape index (κ3) is 2.31. The van der Waals surface area contributed by atoms with Crippen molar-refractivity contribution in [3.63, 3.8) is 0 Å². The fourth-order valence-electron chi connectivity index (χ4n) is 3.71. The average molecular weight is 253 g/mol. The molecule has 4 heteroatoms. The van der Waals surface area contributed by atoms with E-state index < -0.39 is 0 Å². The van der Waals surface area contributed by atoms with Crippen LogP contribution in [0.15, 0.2) is 0 Å². The van der Waals surface area contributed by atoms with E-state index >= 15 is 0 Å². The van der Waals surface area contributed by atoms with E-state index in [9.17, 15) is 0 Å². The van der Waals surface area contributed by atoms with Gasteiger partial charge in [-0.15, -0.1) is 0 Å². The molecule has 2 N–H and O–H groups in total. The first-order chi connectivity index (χ1) is 8.74. The Balaban J connectivity index is 1.60. The molecular weight excluding hydrogens is 226 g/mol. The Kier molecular flexibility index (Phi) is 3.63. The van der Waals surface area contributed by atoms with Crippen LogP contribution in [-0.2, 0) is 4.74 Å². The minimum Gasteiger partial charge on any atom is -0.379 e. The Labute approximate surface area is 110 Å². The highest BCUT2D eigenvalue weighted by molar-refractivity contribution is 5.03. The predicted molar refractivity (Wildman–Crippen MR) is 72.6 cm³/mol. The van der Waals surface area contributed by atoms with E-state index in [4.69, 9.17) is 10.5 Å². The van der Waals surface area contributed by atoms with E-state index in [1.807, 2.05) is 0 Å². The molecule has 0 spiro atoms. The Morgan fingerprint density at radius 2 is 1.89 bits per heavy atom. The largest absolute Gasteiger partial charge is 0.379 e. The molecule has 104 valence electrons. The van der Waals surface area contributed by atoms with Crippen molar-refractivity contribution in [3.05, 3.63) is 0 Å². The van der Waals surface area contributed by atoms with Crippen LogP contribution in [0, 0.1) is 5.92 Å². The first-order valence-corrected chi connectivity index (χ1v) is 7.51. The fraction of sp³-hybridized carbons (Fsp3) is 1.00. The molecule has 0 aromatic carbocycles. The van der Waals surface area contributed by atoms with Gasteiger partial charge in [0.25, 0.3) is 0 Å². The van der Waals surface area contributed by atoms with Crippen LogP contribution in [0.5, 0.6) is 0 Å². The second kappa shape index (κ2) is 5.08. The molecule has 0 aromatic heterocycles. The van der Waals surface area contributed by atoms with Gasteiger partial charge in [-0.05, 0) is 32.1 Å². The van der Waals surface area contributed by atoms with Crippen LogP contribution in [0.1, 0.15) is 26.2 Å². The van der Waals surface area contributed by atoms with Crippen LogP contribution in [0.25, 0.3) is 0 Å². The first-order valence-electron chi connectivity index (χ1n) is 7.51. The van der Waals surface area contributed by atoms with Crippen LogP contribution in [0.2, 0.25) is 0 Å². The monoisotopic (exact) mass is 253 g/mol. The first kappa shape index (κ1) is 12.9. The lowest BCUT2D eigenvalue weighted by Crippen LogP contribution is -2.54. The van der Waals surface area contributed by atoms with Gasteiger partial charge >= 0.3 is 0 Å². The highest BCUT2D eigenvalue weighted by atomic mass is 16.5. The average Bonchev–Trinajstić information content (AvgIpc) is 3.16. The van der Waals surface area contributed by atoms with E-state index in [2.05, 4.69) is 16.7 Å². The number of nitrogens with two attached hydrogens (primary N) is 1. The molecule has 2 aliphatic heterocycles. The molecule has 0 radical (unpaired) electrons. The maximum Gasteiger partial charge on any atom is 0.0594 e. The lowest BCUT2D eigenvalue weighted by Gasteiger charge is -2.39. The van der Waals surface area contributed by atoms with Crippen molar-refractivity contribution in [2.45, 2.75) is 37.8 Å². The van der Waals surface area contributed by atoms with Gasteiger partial charge in [0, 0.05) is 44.3 Å². The maximum atomic E-state index is 6.08. The molecule has 3 rings (SSSR count). The molecule has 2 saturated heterocycles. The maximum absolute atomic E-state index is 6.08. The van der Waals surface area contributed by atoms with Crippen LogP contribution in [0.4, 0.5) is 0 Å². The molecule has 4 nitrogen and oxygen atoms in total. The van der Waals surface area contributed by atoms with Crippen molar-refractivity contribution >= 4 is 0 Å². The summed E-state index contributed by atoms with van der Waals surface area (Å²) in [6, 6.07) is 0.735. The van der Waals surface area contributed by atoms with E-state index in [-0.39, 0.29) is 5.54 Å². The van der Waals surface area contributed by atoms with E-state index in [0.717, 1.165) is 44.8 Å². The highest BCUT2D eigenvalue weighted by Crippen LogP contribution is 2.43. The number of hydrogen-bond donors (Lipinski definition) is 1. The van der Waals surface area contributed by atoms with Crippen molar-refractivity contribution < 1.29 is 4.74 Å². The summed E-state index contributed by atoms with van der Waals surface area (Å²) >= 11 is 0. The second-order valence-electron chi connectivity index (χ2n) is 6.37. The molecule has 1 saturated carbocycles. The van der Waals surface area contributed by atoms with Crippen molar-refractivity contribution in [1.29, 1.82) is 0 Å². The summed E-state index contributed by atoms with van der Waals surface area (Å²) in [6.45, 7) is 9.68. The SMILES string of the molecule is CC(CN)(C1CC1)N1CCC(N2CCOCC2)C1. The van der Waals surface area contributed by atoms with Crippen LogP contribution >= 0.6 is 0 Å². The Morgan fingerprint density at radius 3 is 2.50 bits per heavy atom. The number of ether oxygens (including phenoxy) is 1. The van der Waals surface area contributed by atoms with Crippen molar-refractivity contribution in [2.75, 3.05) is 45.9 Å². The summed E-state index contributed by atoms with van der Waals surface area (Å²) < 4.78 is 5.45. The summed E-state index contributed by atoms with van der Waals surface area (Å²) in [4.78, 5) is 5.29. The van der Waals surface area contributed by atoms with Gasteiger partial charge in [-0.1, -0.05) is 0 Å². The topological polar surface area (TPSA) is 41.7 Å². The van der Waals surface area contributed by atoms with Gasteiger partial charge < -0.3 is 10.5 Å². The number of likely N-dealkylation sites (tertiary alicyclic amines) is 1. The van der Waals surface area contributed by atoms with Gasteiger partial charge in [0.15, 0.2) is 0 Å². The van der Waals surface area contributed by atoms with Crippen LogP contribution in [0.3, 0.4) is 0 Å². The second-order valence-corrected chi connectivity index (χ2v) is 6.37. The number of rotatable bonds is 4. The highest BCUT2D eigenvalue weighted by Gasteiger charge is 2.47. The van der Waals surface area contributed by atoms with Crippen LogP contribution in [-0.4, -0.2) is 67.3 Å². The van der Waals surface area contributed by atoms with E-state index in [0.29, 0.717) is 0 Å². The molecule has 3 aliphatic rings. The number of hydrogen-bond acceptors (Lipinski definition) is 4. The zero-order chi connectivity index (χ0) is 12.6. The molecule has 0 bridgehead atoms. The Hall–Kier alpha value is -0.160. The van der Waals surface area contributed by atoms with Gasteiger partial charge in [0.05, 0.1) is 13.2 Å². The third-order valence-electron chi connectivity index (χ3n) is 5.32. The predicted octanol–water partition coefficient (Wildman–Crippen LogP) is 0.520. The van der Waals surface area contributed by atoms with E-state index in [1.165, 1.54) is 32.4 Å². The quantitative estimate of drug-likeness (QED) is 0.793. The van der Waals surface area contributed by atoms with Gasteiger partial charge in [0.2, 0.25) is 0 Å². The summed E-state index contributed by atoms with van der Waals surface area (Å²) in [5, 5.41) is 0. The molecule has 2 atom stereocenters. The van der Waals surface area contributed by atoms with Gasteiger partial charge in [-0.3, -0.25) is 9.80 Å². The number of nitrogens with zero attached hydrogens (tertiary/aromatic N) is 2. The lowest BCUT2D eigenvalue weighted by molar-refractivity contribution is 0.0145. The molecule has 3 fully saturated rings. The smallest absolute Gasteiger partial charge is 0.0594 e. The molecule has 18 heavy (non-hydrogen) atoms. The minimum atomic E-state index is 0.265. The number of morpholine rings is 1. The molecule has 2 unspecified atom stereocenters. The van der Waals surface area contributed by atoms with Crippen LogP contribution < -0.4 is 5.73 Å². The molecule has 0 amide bonds. The molecule has 0 aromatic rings. The third-order valence-corrected chi connectivity index (χ3v) is 5.32. The summed E-state index contributed by atoms with van der Waals surface area (Å²) in [5.41, 5.74) is 6.34. The Morgan fingerprint density at radius 1 is 1.17 bits per heavy atom. The fourth-order valence-corrected chi connectivity index (χ4v) is 3.71. The molecule has 1 aliphatic carbocycles. The van der Waals surface area contributed by atoms with E-state index in [1.54, 1.807) is 0 Å². The van der Waals surface area contributed by atoms with Crippen molar-refractivity contribution in [2.24, 2.45) is 11.7 Å². The zero-order valence-electron chi connectivity index (χ0n) is 11.6. The lowest BCUT2D eigenvalue weighted by atomic mass is 9.94. The minimum absolute atomic E-state index is 0.265. The van der Waals surface area contributed by atoms with Gasteiger partial charge in [0.1, 0.15) is 0 Å². The molecular formula is C14H27N3O. The summed E-state index contributed by atoms with van der Waals surface area (Å²) in [5.74, 6) is 0.853. The van der Waals surface area contributed by atoms with Gasteiger partial charge in [-0.2, -0.15) is 0 Å². The standard InChI is InChI=1S/C14H27N3O/c1-14(11-15,12-2-3-12)17-5-4-13(10-17)16-6-8-18-9-7-16/h12-13H,2-11,15H2,1H3. The summed E-state index contributed by atoms with van der Waals surface area (Å²) in [6.07, 6.45) is 4.07. The van der Waals surface area contributed by atoms with Crippen molar-refractivity contribution in [3.8, 4) is 0 Å². The summed E-state index contributed by atoms with van der Waals surface area (Å²) in [7, 11) is 0. The normalized spacial score (nSPS) is 34.7.